The van der Waals surface area contributed by atoms with Gasteiger partial charge in [0, 0.05) is 11.2 Å². The van der Waals surface area contributed by atoms with Gasteiger partial charge >= 0.3 is 5.97 Å². The molecule has 3 aromatic carbocycles. The molecule has 0 radical (unpaired) electrons. The van der Waals surface area contributed by atoms with Crippen molar-refractivity contribution in [2.45, 2.75) is 45.4 Å². The summed E-state index contributed by atoms with van der Waals surface area (Å²) in [7, 11) is 0. The van der Waals surface area contributed by atoms with E-state index in [2.05, 4.69) is 11.9 Å². The fourth-order valence-corrected chi connectivity index (χ4v) is 3.44. The average Bonchev–Trinajstić information content (AvgIpc) is 2.83. The first kappa shape index (κ1) is 24.5. The van der Waals surface area contributed by atoms with Gasteiger partial charge in [-0.1, -0.05) is 56.7 Å². The Kier molecular flexibility index (Phi) is 9.99. The number of unbranched alkanes of at least 4 members (excludes halogenated alkanes) is 5. The van der Waals surface area contributed by atoms with Crippen molar-refractivity contribution in [3.8, 4) is 11.5 Å². The van der Waals surface area contributed by atoms with Crippen LogP contribution in [0.1, 0.15) is 61.4 Å². The lowest BCUT2D eigenvalue weighted by atomic mass is 10.1. The smallest absolute Gasteiger partial charge is 0.343 e. The van der Waals surface area contributed by atoms with E-state index in [4.69, 9.17) is 21.1 Å². The van der Waals surface area contributed by atoms with Gasteiger partial charge < -0.3 is 9.47 Å². The van der Waals surface area contributed by atoms with Gasteiger partial charge in [0.25, 0.3) is 0 Å². The number of nitrogens with zero attached hydrogens (tertiary/aromatic N) is 1. The molecule has 0 N–H and O–H groups in total. The Morgan fingerprint density at radius 3 is 2.30 bits per heavy atom. The van der Waals surface area contributed by atoms with Gasteiger partial charge in [-0.25, -0.2) is 4.79 Å². The summed E-state index contributed by atoms with van der Waals surface area (Å²) in [6.07, 6.45) is 9.10. The van der Waals surface area contributed by atoms with Crippen molar-refractivity contribution in [3.63, 3.8) is 0 Å². The summed E-state index contributed by atoms with van der Waals surface area (Å²) in [4.78, 5) is 16.8. The fourth-order valence-electron chi connectivity index (χ4n) is 3.25. The first-order chi connectivity index (χ1) is 16.1. The quantitative estimate of drug-likeness (QED) is 0.118. The molecular formula is C28H30ClNO3. The summed E-state index contributed by atoms with van der Waals surface area (Å²) < 4.78 is 11.2. The van der Waals surface area contributed by atoms with Crippen molar-refractivity contribution >= 4 is 29.5 Å². The number of hydrogen-bond acceptors (Lipinski definition) is 4. The van der Waals surface area contributed by atoms with Crippen LogP contribution in [0.25, 0.3) is 0 Å². The van der Waals surface area contributed by atoms with Gasteiger partial charge in [-0.2, -0.15) is 0 Å². The molecule has 0 unspecified atom stereocenters. The Labute approximate surface area is 201 Å². The Morgan fingerprint density at radius 1 is 0.879 bits per heavy atom. The maximum atomic E-state index is 12.4. The molecule has 0 saturated carbocycles. The van der Waals surface area contributed by atoms with Crippen LogP contribution in [0.3, 0.4) is 0 Å². The molecule has 3 rings (SSSR count). The lowest BCUT2D eigenvalue weighted by Gasteiger charge is -2.08. The molecule has 0 aromatic heterocycles. The van der Waals surface area contributed by atoms with Gasteiger partial charge in [0.1, 0.15) is 11.5 Å². The number of aliphatic imine (C=N–C) groups is 1. The monoisotopic (exact) mass is 463 g/mol. The van der Waals surface area contributed by atoms with Gasteiger partial charge in [-0.15, -0.1) is 0 Å². The first-order valence-electron chi connectivity index (χ1n) is 11.5. The molecule has 0 aliphatic rings. The van der Waals surface area contributed by atoms with E-state index in [-0.39, 0.29) is 0 Å². The Morgan fingerprint density at radius 2 is 1.58 bits per heavy atom. The third-order valence-electron chi connectivity index (χ3n) is 5.12. The zero-order valence-electron chi connectivity index (χ0n) is 19.0. The van der Waals surface area contributed by atoms with E-state index in [1.807, 2.05) is 36.4 Å². The van der Waals surface area contributed by atoms with E-state index in [0.717, 1.165) is 23.4 Å². The van der Waals surface area contributed by atoms with Gasteiger partial charge in [0.05, 0.1) is 17.9 Å². The van der Waals surface area contributed by atoms with E-state index >= 15 is 0 Å². The van der Waals surface area contributed by atoms with Crippen LogP contribution in [0.15, 0.2) is 77.8 Å². The van der Waals surface area contributed by atoms with Gasteiger partial charge in [-0.3, -0.25) is 4.99 Å². The van der Waals surface area contributed by atoms with Crippen molar-refractivity contribution in [1.82, 2.24) is 0 Å². The summed E-state index contributed by atoms with van der Waals surface area (Å²) in [6.45, 7) is 2.92. The molecule has 172 valence electrons. The minimum Gasteiger partial charge on any atom is -0.494 e. The van der Waals surface area contributed by atoms with Gasteiger partial charge in [-0.05, 0) is 78.7 Å². The summed E-state index contributed by atoms with van der Waals surface area (Å²) >= 11 is 5.97. The van der Waals surface area contributed by atoms with Gasteiger partial charge in [0.2, 0.25) is 0 Å². The van der Waals surface area contributed by atoms with E-state index in [0.29, 0.717) is 22.9 Å². The van der Waals surface area contributed by atoms with Crippen molar-refractivity contribution in [3.05, 3.63) is 88.9 Å². The predicted octanol–water partition coefficient (Wildman–Crippen LogP) is 8.05. The largest absolute Gasteiger partial charge is 0.494 e. The van der Waals surface area contributed by atoms with Crippen LogP contribution in [0, 0.1) is 0 Å². The maximum absolute atomic E-state index is 12.4. The Hall–Kier alpha value is -3.11. The second-order valence-electron chi connectivity index (χ2n) is 7.84. The number of carbonyl (C=O) groups is 1. The van der Waals surface area contributed by atoms with Crippen LogP contribution in [0.4, 0.5) is 5.69 Å². The molecule has 0 aliphatic heterocycles. The number of benzene rings is 3. The lowest BCUT2D eigenvalue weighted by Crippen LogP contribution is -2.08. The van der Waals surface area contributed by atoms with Crippen molar-refractivity contribution in [2.24, 2.45) is 4.99 Å². The summed E-state index contributed by atoms with van der Waals surface area (Å²) in [6, 6.07) is 21.6. The van der Waals surface area contributed by atoms with E-state index in [1.54, 1.807) is 42.6 Å². The highest BCUT2D eigenvalue weighted by Crippen LogP contribution is 2.19. The maximum Gasteiger partial charge on any atom is 0.343 e. The highest BCUT2D eigenvalue weighted by atomic mass is 35.5. The summed E-state index contributed by atoms with van der Waals surface area (Å²) in [5.41, 5.74) is 2.15. The zero-order valence-corrected chi connectivity index (χ0v) is 19.8. The third-order valence-corrected chi connectivity index (χ3v) is 5.35. The topological polar surface area (TPSA) is 47.9 Å². The molecule has 0 heterocycles. The number of rotatable bonds is 12. The second-order valence-corrected chi connectivity index (χ2v) is 8.27. The standard InChI is InChI=1S/C28H30ClNO3/c1-2-3-4-5-6-7-19-32-26-17-13-23(14-18-26)28(31)33-27-15-11-22(12-16-27)21-30-25-10-8-9-24(29)20-25/h8-18,20-21H,2-7,19H2,1H3. The third kappa shape index (κ3) is 8.74. The van der Waals surface area contributed by atoms with Crippen LogP contribution in [0.5, 0.6) is 11.5 Å². The molecular weight excluding hydrogens is 434 g/mol. The predicted molar refractivity (Wildman–Crippen MR) is 135 cm³/mol. The molecule has 0 spiro atoms. The molecule has 0 fully saturated rings. The first-order valence-corrected chi connectivity index (χ1v) is 11.9. The lowest BCUT2D eigenvalue weighted by molar-refractivity contribution is 0.0734. The number of carbonyl (C=O) groups excluding carboxylic acids is 1. The minimum atomic E-state index is -0.405. The molecule has 33 heavy (non-hydrogen) atoms. The van der Waals surface area contributed by atoms with Crippen LogP contribution in [0.2, 0.25) is 5.02 Å². The van der Waals surface area contributed by atoms with E-state index < -0.39 is 5.97 Å². The molecule has 5 heteroatoms. The van der Waals surface area contributed by atoms with Crippen molar-refractivity contribution < 1.29 is 14.3 Å². The van der Waals surface area contributed by atoms with Crippen LogP contribution < -0.4 is 9.47 Å². The van der Waals surface area contributed by atoms with Crippen molar-refractivity contribution in [1.29, 1.82) is 0 Å². The Balaban J connectivity index is 1.44. The number of esters is 1. The fraction of sp³-hybridized carbons (Fsp3) is 0.286. The molecule has 0 atom stereocenters. The van der Waals surface area contributed by atoms with E-state index in [9.17, 15) is 4.79 Å². The highest BCUT2D eigenvalue weighted by Gasteiger charge is 2.09. The minimum absolute atomic E-state index is 0.405. The van der Waals surface area contributed by atoms with Gasteiger partial charge in [0.15, 0.2) is 0 Å². The molecule has 4 nitrogen and oxygen atoms in total. The van der Waals surface area contributed by atoms with Crippen LogP contribution in [-0.2, 0) is 0 Å². The molecule has 0 saturated heterocycles. The number of ether oxygens (including phenoxy) is 2. The summed E-state index contributed by atoms with van der Waals surface area (Å²) in [5, 5.41) is 0.643. The normalized spacial score (nSPS) is 11.0. The van der Waals surface area contributed by atoms with Crippen molar-refractivity contribution in [2.75, 3.05) is 6.61 Å². The van der Waals surface area contributed by atoms with Crippen LogP contribution >= 0.6 is 11.6 Å². The molecule has 0 aliphatic carbocycles. The SMILES string of the molecule is CCCCCCCCOc1ccc(C(=O)Oc2ccc(C=Nc3cccc(Cl)c3)cc2)cc1. The number of halogens is 1. The van der Waals surface area contributed by atoms with E-state index in [1.165, 1.54) is 32.1 Å². The highest BCUT2D eigenvalue weighted by molar-refractivity contribution is 6.30. The molecule has 3 aromatic rings. The molecule has 0 bridgehead atoms. The molecule has 0 amide bonds. The number of hydrogen-bond donors (Lipinski definition) is 0. The van der Waals surface area contributed by atoms with Crippen LogP contribution in [-0.4, -0.2) is 18.8 Å². The Bertz CT molecular complexity index is 1030. The zero-order chi connectivity index (χ0) is 23.3. The average molecular weight is 464 g/mol. The summed E-state index contributed by atoms with van der Waals surface area (Å²) in [5.74, 6) is 0.838. The second kappa shape index (κ2) is 13.4.